The largest absolute Gasteiger partial charge is 0.463 e. The third-order valence-electron chi connectivity index (χ3n) is 5.60. The van der Waals surface area contributed by atoms with E-state index in [1.807, 2.05) is 41.5 Å². The Morgan fingerprint density at radius 2 is 0.622 bits per heavy atom. The zero-order valence-electron chi connectivity index (χ0n) is 25.4. The van der Waals surface area contributed by atoms with Gasteiger partial charge in [0.1, 0.15) is 0 Å². The fourth-order valence-electron chi connectivity index (χ4n) is 3.79. The van der Waals surface area contributed by atoms with Crippen LogP contribution in [0.2, 0.25) is 0 Å². The molecule has 0 rings (SSSR count). The molecule has 0 aliphatic carbocycles. The zero-order valence-corrected chi connectivity index (χ0v) is 25.4. The van der Waals surface area contributed by atoms with Crippen molar-refractivity contribution in [1.29, 1.82) is 0 Å². The summed E-state index contributed by atoms with van der Waals surface area (Å²) in [5.74, 6) is -0.437. The summed E-state index contributed by atoms with van der Waals surface area (Å²) >= 11 is 0. The monoisotopic (exact) mass is 528 g/mol. The Morgan fingerprint density at radius 1 is 0.405 bits per heavy atom. The maximum Gasteiger partial charge on any atom is 0.306 e. The van der Waals surface area contributed by atoms with Crippen molar-refractivity contribution in [2.24, 2.45) is 0 Å². The van der Waals surface area contributed by atoms with Crippen LogP contribution in [0.15, 0.2) is 0 Å². The smallest absolute Gasteiger partial charge is 0.306 e. The van der Waals surface area contributed by atoms with Crippen LogP contribution in [0, 0.1) is 0 Å². The van der Waals surface area contributed by atoms with Crippen molar-refractivity contribution in [2.75, 3.05) is 0 Å². The Morgan fingerprint density at radius 3 is 0.865 bits per heavy atom. The Labute approximate surface area is 229 Å². The van der Waals surface area contributed by atoms with Crippen molar-refractivity contribution in [3.05, 3.63) is 0 Å². The van der Waals surface area contributed by atoms with Crippen LogP contribution in [-0.4, -0.2) is 36.2 Å². The SMILES string of the molecule is CC(C)OC(=O)CCCCC(=O)OC(C)C.CCCCCCCCCCCCCCCC(=O)OC(C)C. The van der Waals surface area contributed by atoms with E-state index in [-0.39, 0.29) is 36.2 Å². The van der Waals surface area contributed by atoms with Crippen LogP contribution in [0.3, 0.4) is 0 Å². The highest BCUT2D eigenvalue weighted by Gasteiger charge is 2.08. The molecular formula is C31H60O6. The minimum atomic E-state index is -0.202. The van der Waals surface area contributed by atoms with E-state index in [0.29, 0.717) is 32.1 Å². The molecule has 0 heterocycles. The number of carbonyl (C=O) groups excluding carboxylic acids is 3. The van der Waals surface area contributed by atoms with Gasteiger partial charge in [-0.3, -0.25) is 14.4 Å². The minimum absolute atomic E-state index is 0.0273. The van der Waals surface area contributed by atoms with Gasteiger partial charge < -0.3 is 14.2 Å². The summed E-state index contributed by atoms with van der Waals surface area (Å²) in [6, 6.07) is 0. The van der Waals surface area contributed by atoms with Gasteiger partial charge in [0.2, 0.25) is 0 Å². The standard InChI is InChI=1S/C19H38O2.C12H22O4/c1-4-5-6-7-8-9-10-11-12-13-14-15-16-17-19(20)21-18(2)3;1-9(2)15-11(13)7-5-6-8-12(14)16-10(3)4/h18H,4-17H2,1-3H3;9-10H,5-8H2,1-4H3. The van der Waals surface area contributed by atoms with E-state index in [1.165, 1.54) is 77.0 Å². The van der Waals surface area contributed by atoms with Crippen LogP contribution in [0.5, 0.6) is 0 Å². The highest BCUT2D eigenvalue weighted by molar-refractivity contribution is 5.70. The van der Waals surface area contributed by atoms with E-state index in [1.54, 1.807) is 0 Å². The summed E-state index contributed by atoms with van der Waals surface area (Å²) in [4.78, 5) is 33.6. The van der Waals surface area contributed by atoms with Gasteiger partial charge in [0.05, 0.1) is 18.3 Å². The first-order chi connectivity index (χ1) is 17.6. The Balaban J connectivity index is 0. The maximum atomic E-state index is 11.3. The van der Waals surface area contributed by atoms with E-state index in [4.69, 9.17) is 14.2 Å². The molecule has 0 bridgehead atoms. The molecule has 0 saturated heterocycles. The molecule has 0 aromatic rings. The number of unbranched alkanes of at least 4 members (excludes halogenated alkanes) is 13. The van der Waals surface area contributed by atoms with Gasteiger partial charge in [-0.2, -0.15) is 0 Å². The van der Waals surface area contributed by atoms with E-state index < -0.39 is 0 Å². The molecule has 0 N–H and O–H groups in total. The summed E-state index contributed by atoms with van der Waals surface area (Å²) in [6.07, 6.45) is 19.9. The molecule has 0 saturated carbocycles. The highest BCUT2D eigenvalue weighted by atomic mass is 16.5. The van der Waals surface area contributed by atoms with Crippen LogP contribution in [-0.2, 0) is 28.6 Å². The quantitative estimate of drug-likeness (QED) is 0.0793. The summed E-state index contributed by atoms with van der Waals surface area (Å²) in [5, 5.41) is 0. The molecule has 0 unspecified atom stereocenters. The lowest BCUT2D eigenvalue weighted by Crippen LogP contribution is -2.12. The van der Waals surface area contributed by atoms with Crippen LogP contribution >= 0.6 is 0 Å². The molecule has 6 heteroatoms. The number of rotatable bonds is 22. The van der Waals surface area contributed by atoms with Gasteiger partial charge in [-0.1, -0.05) is 84.0 Å². The lowest BCUT2D eigenvalue weighted by molar-refractivity contribution is -0.149. The second-order valence-electron chi connectivity index (χ2n) is 10.8. The van der Waals surface area contributed by atoms with Gasteiger partial charge in [0, 0.05) is 19.3 Å². The van der Waals surface area contributed by atoms with Crippen LogP contribution < -0.4 is 0 Å². The number of hydrogen-bond donors (Lipinski definition) is 0. The molecule has 0 fully saturated rings. The Hall–Kier alpha value is -1.59. The first-order valence-corrected chi connectivity index (χ1v) is 15.2. The van der Waals surface area contributed by atoms with E-state index in [2.05, 4.69) is 6.92 Å². The van der Waals surface area contributed by atoms with Crippen LogP contribution in [0.4, 0.5) is 0 Å². The Bertz CT molecular complexity index is 518. The van der Waals surface area contributed by atoms with Gasteiger partial charge in [0.15, 0.2) is 0 Å². The fraction of sp³-hybridized carbons (Fsp3) is 0.903. The molecule has 6 nitrogen and oxygen atoms in total. The van der Waals surface area contributed by atoms with E-state index in [0.717, 1.165) is 6.42 Å². The van der Waals surface area contributed by atoms with Crippen molar-refractivity contribution in [1.82, 2.24) is 0 Å². The van der Waals surface area contributed by atoms with E-state index in [9.17, 15) is 14.4 Å². The molecule has 0 spiro atoms. The molecule has 0 aromatic heterocycles. The summed E-state index contributed by atoms with van der Waals surface area (Å²) in [7, 11) is 0. The van der Waals surface area contributed by atoms with Crippen molar-refractivity contribution >= 4 is 17.9 Å². The second-order valence-corrected chi connectivity index (χ2v) is 10.8. The first-order valence-electron chi connectivity index (χ1n) is 15.2. The molecule has 37 heavy (non-hydrogen) atoms. The molecule has 0 amide bonds. The predicted octanol–water partition coefficient (Wildman–Crippen LogP) is 8.87. The molecule has 0 aromatic carbocycles. The van der Waals surface area contributed by atoms with Gasteiger partial charge in [-0.05, 0) is 60.8 Å². The first kappa shape index (κ1) is 37.6. The van der Waals surface area contributed by atoms with Crippen molar-refractivity contribution in [3.8, 4) is 0 Å². The van der Waals surface area contributed by atoms with Crippen molar-refractivity contribution in [3.63, 3.8) is 0 Å². The molecule has 0 aliphatic rings. The predicted molar refractivity (Wildman–Crippen MR) is 152 cm³/mol. The number of hydrogen-bond acceptors (Lipinski definition) is 6. The number of carbonyl (C=O) groups is 3. The number of ether oxygens (including phenoxy) is 3. The molecular weight excluding hydrogens is 468 g/mol. The molecule has 0 aliphatic heterocycles. The maximum absolute atomic E-state index is 11.3. The number of esters is 3. The molecule has 0 atom stereocenters. The zero-order chi connectivity index (χ0) is 28.3. The highest BCUT2D eigenvalue weighted by Crippen LogP contribution is 2.13. The fourth-order valence-corrected chi connectivity index (χ4v) is 3.79. The topological polar surface area (TPSA) is 78.9 Å². The lowest BCUT2D eigenvalue weighted by Gasteiger charge is -2.08. The van der Waals surface area contributed by atoms with Crippen molar-refractivity contribution in [2.45, 2.75) is 182 Å². The third kappa shape index (κ3) is 34.4. The summed E-state index contributed by atoms with van der Waals surface area (Å²) in [6.45, 7) is 13.3. The average Bonchev–Trinajstić information content (AvgIpc) is 2.79. The average molecular weight is 529 g/mol. The Kier molecular flexibility index (Phi) is 27.9. The lowest BCUT2D eigenvalue weighted by atomic mass is 10.0. The van der Waals surface area contributed by atoms with Gasteiger partial charge in [-0.25, -0.2) is 0 Å². The van der Waals surface area contributed by atoms with Gasteiger partial charge >= 0.3 is 17.9 Å². The summed E-state index contributed by atoms with van der Waals surface area (Å²) < 4.78 is 15.1. The minimum Gasteiger partial charge on any atom is -0.463 e. The van der Waals surface area contributed by atoms with E-state index >= 15 is 0 Å². The van der Waals surface area contributed by atoms with Crippen LogP contribution in [0.1, 0.15) is 164 Å². The van der Waals surface area contributed by atoms with Crippen LogP contribution in [0.25, 0.3) is 0 Å². The normalized spacial score (nSPS) is 10.9. The summed E-state index contributed by atoms with van der Waals surface area (Å²) in [5.41, 5.74) is 0. The van der Waals surface area contributed by atoms with Crippen molar-refractivity contribution < 1.29 is 28.6 Å². The third-order valence-corrected chi connectivity index (χ3v) is 5.60. The molecule has 0 radical (unpaired) electrons. The second kappa shape index (κ2) is 27.4. The van der Waals surface area contributed by atoms with Gasteiger partial charge in [-0.15, -0.1) is 0 Å². The molecule has 220 valence electrons. The van der Waals surface area contributed by atoms with Gasteiger partial charge in [0.25, 0.3) is 0 Å².